The molecule has 0 saturated heterocycles. The van der Waals surface area contributed by atoms with E-state index in [4.69, 9.17) is 0 Å². The van der Waals surface area contributed by atoms with Gasteiger partial charge < -0.3 is 0 Å². The van der Waals surface area contributed by atoms with Crippen molar-refractivity contribution in [3.63, 3.8) is 0 Å². The Labute approximate surface area is 76.5 Å². The minimum atomic E-state index is 0. The SMILES string of the molecule is [BiH3].[LiH].[SeH][TeH]. The van der Waals surface area contributed by atoms with Crippen LogP contribution in [0.4, 0.5) is 0 Å². The van der Waals surface area contributed by atoms with E-state index in [2.05, 4.69) is 12.8 Å². The average molecular weight is 429 g/mol. The van der Waals surface area contributed by atoms with Crippen molar-refractivity contribution in [2.75, 3.05) is 0 Å². The summed E-state index contributed by atoms with van der Waals surface area (Å²) in [6, 6.07) is 0. The van der Waals surface area contributed by atoms with Crippen LogP contribution >= 0.6 is 0 Å². The van der Waals surface area contributed by atoms with E-state index >= 15 is 0 Å². The number of rotatable bonds is 0. The molecule has 0 amide bonds. The molecular formula is H6BiLiSeTe. The average Bonchev–Trinajstić information content (AvgIpc) is 1.00. The van der Waals surface area contributed by atoms with Gasteiger partial charge in [-0.15, -0.1) is 0 Å². The predicted molar refractivity (Wildman–Crippen MR) is 31.4 cm³/mol. The summed E-state index contributed by atoms with van der Waals surface area (Å²) < 4.78 is 0. The van der Waals surface area contributed by atoms with E-state index in [9.17, 15) is 0 Å². The molecular weight excluding hydrogens is 422 g/mol. The molecule has 24 valence electrons. The Balaban J connectivity index is -0.00000000500. The summed E-state index contributed by atoms with van der Waals surface area (Å²) in [6.07, 6.45) is 0. The molecule has 4 heteroatoms. The first-order valence-electron chi connectivity index (χ1n) is 0.200. The van der Waals surface area contributed by atoms with E-state index in [1.54, 1.807) is 20.1 Å². The summed E-state index contributed by atoms with van der Waals surface area (Å²) in [5, 5.41) is 0. The molecule has 0 aliphatic carbocycles. The van der Waals surface area contributed by atoms with Crippen molar-refractivity contribution in [1.29, 1.82) is 0 Å². The third kappa shape index (κ3) is 8.84. The molecule has 0 aromatic carbocycles. The zero-order chi connectivity index (χ0) is 2.00. The molecule has 0 heterocycles. The van der Waals surface area contributed by atoms with Crippen molar-refractivity contribution in [2.45, 2.75) is 0 Å². The van der Waals surface area contributed by atoms with Crippen molar-refractivity contribution in [1.82, 2.24) is 0 Å². The van der Waals surface area contributed by atoms with E-state index in [1.807, 2.05) is 0 Å². The minimum absolute atomic E-state index is 0. The fourth-order valence-corrected chi connectivity index (χ4v) is 0. The molecule has 0 aliphatic rings. The van der Waals surface area contributed by atoms with Gasteiger partial charge in [0.05, 0.1) is 0 Å². The molecule has 0 unspecified atom stereocenters. The fourth-order valence-electron chi connectivity index (χ4n) is 0. The van der Waals surface area contributed by atoms with Gasteiger partial charge in [-0.1, -0.05) is 0 Å². The van der Waals surface area contributed by atoms with Crippen LogP contribution in [0.1, 0.15) is 0 Å². The first-order valence-corrected chi connectivity index (χ1v) is 6.97. The van der Waals surface area contributed by atoms with Gasteiger partial charge in [-0.3, -0.25) is 0 Å². The molecule has 0 nitrogen and oxygen atoms in total. The van der Waals surface area contributed by atoms with Gasteiger partial charge >= 0.3 is 78.0 Å². The Morgan fingerprint density at radius 3 is 1.25 bits per heavy atom. The van der Waals surface area contributed by atoms with Crippen LogP contribution in [0, 0.1) is 0 Å². The van der Waals surface area contributed by atoms with E-state index in [1.165, 1.54) is 0 Å². The van der Waals surface area contributed by atoms with Gasteiger partial charge in [0.15, 0.2) is 0 Å². The van der Waals surface area contributed by atoms with Gasteiger partial charge in [-0.05, 0) is 0 Å². The molecule has 0 aliphatic heterocycles. The monoisotopic (exact) mass is 432 g/mol. The molecule has 0 atom stereocenters. The maximum absolute atomic E-state index is 2.36. The second-order valence-electron chi connectivity index (χ2n) is 0. The third-order valence-corrected chi connectivity index (χ3v) is 0. The standard InChI is InChI=1S/Bi.Li.H2SeTe.4H/c;;1-2;;;;/h;;1-2H;;;;. The van der Waals surface area contributed by atoms with Gasteiger partial charge in [-0.25, -0.2) is 0 Å². The van der Waals surface area contributed by atoms with Crippen LogP contribution in [0.15, 0.2) is 0 Å². The third-order valence-electron chi connectivity index (χ3n) is 0. The Morgan fingerprint density at radius 2 is 1.25 bits per heavy atom. The summed E-state index contributed by atoms with van der Waals surface area (Å²) in [6.45, 7) is 0. The molecule has 0 radical (unpaired) electrons. The first-order chi connectivity index (χ1) is 1.00. The zero-order valence-electron chi connectivity index (χ0n) is 1.60. The topological polar surface area (TPSA) is 0 Å². The maximum atomic E-state index is 2.36. The molecule has 0 aromatic heterocycles. The Hall–Kier alpha value is 2.79. The van der Waals surface area contributed by atoms with Crippen molar-refractivity contribution in [3.05, 3.63) is 0 Å². The summed E-state index contributed by atoms with van der Waals surface area (Å²) in [4.78, 5) is 0. The van der Waals surface area contributed by atoms with E-state index in [0.29, 0.717) is 0 Å². The van der Waals surface area contributed by atoms with Gasteiger partial charge in [0.25, 0.3) is 0 Å². The Morgan fingerprint density at radius 1 is 1.25 bits per heavy atom. The second-order valence-corrected chi connectivity index (χ2v) is 0. The van der Waals surface area contributed by atoms with Crippen molar-refractivity contribution in [2.24, 2.45) is 0 Å². The van der Waals surface area contributed by atoms with Gasteiger partial charge in [0, 0.05) is 0 Å². The first kappa shape index (κ1) is 15.8. The quantitative estimate of drug-likeness (QED) is 0.358. The van der Waals surface area contributed by atoms with Gasteiger partial charge in [0.1, 0.15) is 0 Å². The van der Waals surface area contributed by atoms with Crippen molar-refractivity contribution < 1.29 is 0 Å². The molecule has 0 aromatic rings. The molecule has 0 fully saturated rings. The molecule has 0 rings (SSSR count). The van der Waals surface area contributed by atoms with Crippen LogP contribution in [0.2, 0.25) is 0 Å². The van der Waals surface area contributed by atoms with Crippen molar-refractivity contribution in [3.8, 4) is 0 Å². The van der Waals surface area contributed by atoms with E-state index < -0.39 is 0 Å². The number of hydrogen-bond donors (Lipinski definition) is 0. The Kier molecular flexibility index (Phi) is 67.6. The van der Waals surface area contributed by atoms with Crippen LogP contribution in [0.3, 0.4) is 0 Å². The predicted octanol–water partition coefficient (Wildman–Crippen LogP) is -3.13. The van der Waals surface area contributed by atoms with E-state index in [0.717, 1.165) is 0 Å². The summed E-state index contributed by atoms with van der Waals surface area (Å²) in [5.74, 6) is 0. The normalized spacial score (nSPS) is 1.50. The Bertz CT molecular complexity index is 8.00. The van der Waals surface area contributed by atoms with Crippen LogP contribution < -0.4 is 0 Å². The van der Waals surface area contributed by atoms with Crippen LogP contribution in [0.25, 0.3) is 0 Å². The van der Waals surface area contributed by atoms with E-state index in [-0.39, 0.29) is 45.1 Å². The van der Waals surface area contributed by atoms with Crippen molar-refractivity contribution >= 4 is 78.0 Å². The van der Waals surface area contributed by atoms with Crippen LogP contribution in [0.5, 0.6) is 0 Å². The zero-order valence-corrected chi connectivity index (χ0v) is 11.5. The van der Waals surface area contributed by atoms with Gasteiger partial charge in [0.2, 0.25) is 0 Å². The summed E-state index contributed by atoms with van der Waals surface area (Å²) in [7, 11) is 0. The molecule has 0 bridgehead atoms. The van der Waals surface area contributed by atoms with Gasteiger partial charge in [-0.2, -0.15) is 0 Å². The molecule has 0 N–H and O–H groups in total. The fraction of sp³-hybridized carbons (Fsp3) is 0. The molecule has 0 saturated carbocycles. The summed E-state index contributed by atoms with van der Waals surface area (Å²) in [5.41, 5.74) is 0. The van der Waals surface area contributed by atoms with Crippen LogP contribution in [-0.2, 0) is 0 Å². The molecule has 4 heavy (non-hydrogen) atoms. The second kappa shape index (κ2) is 17.1. The summed E-state index contributed by atoms with van der Waals surface area (Å²) >= 11 is 4.05. The molecule has 0 spiro atoms. The number of hydrogen-bond acceptors (Lipinski definition) is 0. The van der Waals surface area contributed by atoms with Crippen LogP contribution in [-0.4, -0.2) is 78.0 Å².